The Bertz CT molecular complexity index is 396. The van der Waals surface area contributed by atoms with Gasteiger partial charge in [0.05, 0.1) is 0 Å². The molecular weight excluding hydrogens is 160 g/mol. The minimum atomic E-state index is 0.786. The van der Waals surface area contributed by atoms with Crippen molar-refractivity contribution in [2.75, 3.05) is 5.73 Å². The lowest BCUT2D eigenvalue weighted by atomic mass is 10.1. The highest BCUT2D eigenvalue weighted by atomic mass is 14.6. The molecule has 0 bridgehead atoms. The van der Waals surface area contributed by atoms with Crippen LogP contribution in [0, 0.1) is 0 Å². The third kappa shape index (κ3) is 1.67. The van der Waals surface area contributed by atoms with E-state index >= 15 is 0 Å². The Hall–Kier alpha value is -1.83. The zero-order valence-electron chi connectivity index (χ0n) is 7.14. The van der Waals surface area contributed by atoms with E-state index in [1.165, 1.54) is 0 Å². The Morgan fingerprint density at radius 1 is 0.923 bits per heavy atom. The summed E-state index contributed by atoms with van der Waals surface area (Å²) in [6, 6.07) is 11.8. The maximum absolute atomic E-state index is 5.68. The van der Waals surface area contributed by atoms with Gasteiger partial charge >= 0.3 is 0 Å². The van der Waals surface area contributed by atoms with Gasteiger partial charge in [-0.1, -0.05) is 12.1 Å². The second-order valence-corrected chi connectivity index (χ2v) is 2.86. The van der Waals surface area contributed by atoms with Crippen LogP contribution in [0.5, 0.6) is 0 Å². The Morgan fingerprint density at radius 3 is 2.38 bits per heavy atom. The standard InChI is InChI=1S/C11H10N2/c12-11-3-1-2-10(8-11)9-4-6-13-7-5-9/h1-8H,12H2. The minimum absolute atomic E-state index is 0.786. The van der Waals surface area contributed by atoms with Crippen molar-refractivity contribution in [3.63, 3.8) is 0 Å². The van der Waals surface area contributed by atoms with Gasteiger partial charge < -0.3 is 5.73 Å². The van der Waals surface area contributed by atoms with Crippen LogP contribution < -0.4 is 5.73 Å². The molecule has 0 atom stereocenters. The van der Waals surface area contributed by atoms with Gasteiger partial charge in [0.15, 0.2) is 0 Å². The van der Waals surface area contributed by atoms with Crippen molar-refractivity contribution < 1.29 is 0 Å². The second-order valence-electron chi connectivity index (χ2n) is 2.86. The van der Waals surface area contributed by atoms with Crippen LogP contribution in [0.4, 0.5) is 5.69 Å². The molecule has 0 fully saturated rings. The van der Waals surface area contributed by atoms with Gasteiger partial charge in [-0.25, -0.2) is 0 Å². The average Bonchev–Trinajstić information content (AvgIpc) is 2.19. The van der Waals surface area contributed by atoms with Crippen LogP contribution in [0.25, 0.3) is 11.1 Å². The summed E-state index contributed by atoms with van der Waals surface area (Å²) in [5.41, 5.74) is 8.73. The Balaban J connectivity index is 2.48. The topological polar surface area (TPSA) is 38.9 Å². The molecule has 0 amide bonds. The first-order valence-electron chi connectivity index (χ1n) is 4.12. The quantitative estimate of drug-likeness (QED) is 0.667. The van der Waals surface area contributed by atoms with E-state index in [2.05, 4.69) is 4.98 Å². The van der Waals surface area contributed by atoms with Crippen LogP contribution in [0.2, 0.25) is 0 Å². The van der Waals surface area contributed by atoms with Gasteiger partial charge in [-0.3, -0.25) is 4.98 Å². The number of anilines is 1. The highest BCUT2D eigenvalue weighted by Gasteiger charge is 1.95. The summed E-state index contributed by atoms with van der Waals surface area (Å²) < 4.78 is 0. The number of rotatable bonds is 1. The molecule has 13 heavy (non-hydrogen) atoms. The van der Waals surface area contributed by atoms with E-state index < -0.39 is 0 Å². The zero-order valence-corrected chi connectivity index (χ0v) is 7.14. The lowest BCUT2D eigenvalue weighted by Gasteiger charge is -2.01. The molecule has 0 aliphatic rings. The molecular formula is C11H10N2. The maximum Gasteiger partial charge on any atom is 0.0320 e. The van der Waals surface area contributed by atoms with Gasteiger partial charge in [0.25, 0.3) is 0 Å². The molecule has 0 spiro atoms. The van der Waals surface area contributed by atoms with E-state index in [4.69, 9.17) is 5.73 Å². The summed E-state index contributed by atoms with van der Waals surface area (Å²) >= 11 is 0. The largest absolute Gasteiger partial charge is 0.399 e. The molecule has 0 aliphatic carbocycles. The summed E-state index contributed by atoms with van der Waals surface area (Å²) in [5, 5.41) is 0. The molecule has 0 aliphatic heterocycles. The molecule has 2 nitrogen and oxygen atoms in total. The Morgan fingerprint density at radius 2 is 1.69 bits per heavy atom. The molecule has 2 N–H and O–H groups in total. The van der Waals surface area contributed by atoms with Crippen LogP contribution in [0.3, 0.4) is 0 Å². The van der Waals surface area contributed by atoms with Crippen molar-refractivity contribution in [1.29, 1.82) is 0 Å². The Kier molecular flexibility index (Phi) is 1.96. The first-order valence-corrected chi connectivity index (χ1v) is 4.12. The molecule has 0 unspecified atom stereocenters. The first kappa shape index (κ1) is 7.80. The van der Waals surface area contributed by atoms with Crippen molar-refractivity contribution in [1.82, 2.24) is 4.98 Å². The molecule has 2 heteroatoms. The van der Waals surface area contributed by atoms with E-state index in [1.807, 2.05) is 36.4 Å². The molecule has 0 radical (unpaired) electrons. The monoisotopic (exact) mass is 170 g/mol. The predicted molar refractivity (Wildman–Crippen MR) is 54.1 cm³/mol. The van der Waals surface area contributed by atoms with Crippen molar-refractivity contribution in [3.8, 4) is 11.1 Å². The highest BCUT2D eigenvalue weighted by molar-refractivity contribution is 5.66. The number of aromatic nitrogens is 1. The number of nitrogen functional groups attached to an aromatic ring is 1. The van der Waals surface area contributed by atoms with Crippen molar-refractivity contribution in [2.24, 2.45) is 0 Å². The fourth-order valence-corrected chi connectivity index (χ4v) is 1.26. The van der Waals surface area contributed by atoms with Gasteiger partial charge in [-0.2, -0.15) is 0 Å². The van der Waals surface area contributed by atoms with Gasteiger partial charge in [0.2, 0.25) is 0 Å². The molecule has 1 aromatic heterocycles. The SMILES string of the molecule is Nc1cccc(-c2ccncc2)c1. The molecule has 2 rings (SSSR count). The number of hydrogen-bond acceptors (Lipinski definition) is 2. The van der Waals surface area contributed by atoms with Crippen LogP contribution in [-0.4, -0.2) is 4.98 Å². The van der Waals surface area contributed by atoms with E-state index in [0.29, 0.717) is 0 Å². The third-order valence-electron chi connectivity index (χ3n) is 1.90. The molecule has 64 valence electrons. The van der Waals surface area contributed by atoms with Gasteiger partial charge in [-0.05, 0) is 35.4 Å². The summed E-state index contributed by atoms with van der Waals surface area (Å²) in [7, 11) is 0. The molecule has 2 aromatic rings. The van der Waals surface area contributed by atoms with Crippen LogP contribution in [0.15, 0.2) is 48.8 Å². The summed E-state index contributed by atoms with van der Waals surface area (Å²) in [6.45, 7) is 0. The summed E-state index contributed by atoms with van der Waals surface area (Å²) in [4.78, 5) is 3.96. The highest BCUT2D eigenvalue weighted by Crippen LogP contribution is 2.19. The lowest BCUT2D eigenvalue weighted by Crippen LogP contribution is -1.84. The smallest absolute Gasteiger partial charge is 0.0320 e. The predicted octanol–water partition coefficient (Wildman–Crippen LogP) is 2.33. The van der Waals surface area contributed by atoms with Crippen molar-refractivity contribution >= 4 is 5.69 Å². The number of benzene rings is 1. The second kappa shape index (κ2) is 3.27. The summed E-state index contributed by atoms with van der Waals surface area (Å²) in [6.07, 6.45) is 3.55. The number of pyridine rings is 1. The van der Waals surface area contributed by atoms with E-state index in [0.717, 1.165) is 16.8 Å². The Labute approximate surface area is 77.0 Å². The zero-order chi connectivity index (χ0) is 9.10. The minimum Gasteiger partial charge on any atom is -0.399 e. The lowest BCUT2D eigenvalue weighted by molar-refractivity contribution is 1.33. The van der Waals surface area contributed by atoms with Crippen molar-refractivity contribution in [2.45, 2.75) is 0 Å². The van der Waals surface area contributed by atoms with Crippen LogP contribution in [-0.2, 0) is 0 Å². The first-order chi connectivity index (χ1) is 6.36. The van der Waals surface area contributed by atoms with E-state index in [9.17, 15) is 0 Å². The van der Waals surface area contributed by atoms with Gasteiger partial charge in [0, 0.05) is 18.1 Å². The fraction of sp³-hybridized carbons (Fsp3) is 0. The van der Waals surface area contributed by atoms with Crippen molar-refractivity contribution in [3.05, 3.63) is 48.8 Å². The van der Waals surface area contributed by atoms with Crippen LogP contribution >= 0.6 is 0 Å². The van der Waals surface area contributed by atoms with Crippen LogP contribution in [0.1, 0.15) is 0 Å². The number of nitrogens with two attached hydrogens (primary N) is 1. The molecule has 0 saturated carbocycles. The average molecular weight is 170 g/mol. The van der Waals surface area contributed by atoms with E-state index in [-0.39, 0.29) is 0 Å². The van der Waals surface area contributed by atoms with Gasteiger partial charge in [0.1, 0.15) is 0 Å². The van der Waals surface area contributed by atoms with E-state index in [1.54, 1.807) is 12.4 Å². The third-order valence-corrected chi connectivity index (χ3v) is 1.90. The molecule has 1 heterocycles. The molecule has 0 saturated heterocycles. The molecule has 1 aromatic carbocycles. The maximum atomic E-state index is 5.68. The normalized spacial score (nSPS) is 9.85. The number of hydrogen-bond donors (Lipinski definition) is 1. The van der Waals surface area contributed by atoms with Gasteiger partial charge in [-0.15, -0.1) is 0 Å². The summed E-state index contributed by atoms with van der Waals surface area (Å²) in [5.74, 6) is 0. The number of nitrogens with zero attached hydrogens (tertiary/aromatic N) is 1. The fourth-order valence-electron chi connectivity index (χ4n) is 1.26.